The van der Waals surface area contributed by atoms with Gasteiger partial charge in [0.25, 0.3) is 5.91 Å². The molecule has 0 aliphatic carbocycles. The van der Waals surface area contributed by atoms with Crippen LogP contribution in [-0.4, -0.2) is 22.9 Å². The van der Waals surface area contributed by atoms with Gasteiger partial charge in [-0.25, -0.2) is 4.79 Å². The standard InChI is InChI=1S/C31H38N4O4/c1-17(2)16-23-25(27(31(5,6)7)39-30(33)38)24(20-10-8-18(3)9-11-20)26(19(4)34-23)35-29(37)22-14-12-21(13-15-22)28(32)36/h8-15,17,27H,16H2,1-7H3,(H2,32,36)(H2,33,38)(H,35,37). The van der Waals surface area contributed by atoms with Crippen LogP contribution in [0.5, 0.6) is 0 Å². The number of carbonyl (C=O) groups is 3. The molecule has 8 nitrogen and oxygen atoms in total. The minimum absolute atomic E-state index is 0.264. The van der Waals surface area contributed by atoms with Gasteiger partial charge in [0.1, 0.15) is 6.10 Å². The highest BCUT2D eigenvalue weighted by molar-refractivity contribution is 6.07. The lowest BCUT2D eigenvalue weighted by molar-refractivity contribution is 0.0354. The number of amides is 3. The van der Waals surface area contributed by atoms with Crippen molar-refractivity contribution in [3.63, 3.8) is 0 Å². The van der Waals surface area contributed by atoms with E-state index in [0.717, 1.165) is 22.4 Å². The van der Waals surface area contributed by atoms with E-state index in [1.807, 2.05) is 58.9 Å². The maximum absolute atomic E-state index is 13.4. The zero-order chi connectivity index (χ0) is 29.1. The van der Waals surface area contributed by atoms with Crippen molar-refractivity contribution < 1.29 is 19.1 Å². The van der Waals surface area contributed by atoms with Crippen LogP contribution in [0.3, 0.4) is 0 Å². The van der Waals surface area contributed by atoms with Crippen LogP contribution in [0.1, 0.15) is 84.0 Å². The number of rotatable bonds is 8. The number of hydrogen-bond donors (Lipinski definition) is 3. The summed E-state index contributed by atoms with van der Waals surface area (Å²) in [5.41, 5.74) is 16.3. The molecule has 0 aliphatic rings. The van der Waals surface area contributed by atoms with Crippen molar-refractivity contribution in [3.05, 3.63) is 82.2 Å². The van der Waals surface area contributed by atoms with Crippen molar-refractivity contribution in [2.45, 2.75) is 61.0 Å². The second kappa shape index (κ2) is 11.7. The number of aromatic nitrogens is 1. The first-order valence-corrected chi connectivity index (χ1v) is 13.0. The topological polar surface area (TPSA) is 137 Å². The van der Waals surface area contributed by atoms with E-state index in [4.69, 9.17) is 21.2 Å². The van der Waals surface area contributed by atoms with E-state index in [-0.39, 0.29) is 11.8 Å². The molecule has 0 aliphatic heterocycles. The molecule has 0 spiro atoms. The second-order valence-corrected chi connectivity index (χ2v) is 11.4. The van der Waals surface area contributed by atoms with E-state index in [1.165, 1.54) is 12.1 Å². The van der Waals surface area contributed by atoms with Gasteiger partial charge in [-0.15, -0.1) is 0 Å². The molecule has 0 bridgehead atoms. The Bertz CT molecular complexity index is 1370. The van der Waals surface area contributed by atoms with Crippen molar-refractivity contribution in [2.24, 2.45) is 22.8 Å². The lowest BCUT2D eigenvalue weighted by Crippen LogP contribution is -2.29. The lowest BCUT2D eigenvalue weighted by atomic mass is 9.79. The summed E-state index contributed by atoms with van der Waals surface area (Å²) in [4.78, 5) is 42.0. The summed E-state index contributed by atoms with van der Waals surface area (Å²) >= 11 is 0. The molecule has 1 heterocycles. The minimum Gasteiger partial charge on any atom is -0.441 e. The van der Waals surface area contributed by atoms with Gasteiger partial charge in [-0.1, -0.05) is 64.4 Å². The predicted molar refractivity (Wildman–Crippen MR) is 153 cm³/mol. The number of ether oxygens (including phenoxy) is 1. The van der Waals surface area contributed by atoms with Crippen molar-refractivity contribution in [3.8, 4) is 11.1 Å². The summed E-state index contributed by atoms with van der Waals surface area (Å²) in [6.45, 7) is 13.9. The highest BCUT2D eigenvalue weighted by Gasteiger charge is 2.36. The molecule has 1 unspecified atom stereocenters. The molecule has 8 heteroatoms. The van der Waals surface area contributed by atoms with E-state index in [2.05, 4.69) is 19.2 Å². The summed E-state index contributed by atoms with van der Waals surface area (Å²) in [6.07, 6.45) is -0.994. The Hall–Kier alpha value is -4.20. The number of hydrogen-bond acceptors (Lipinski definition) is 5. The molecule has 3 rings (SSSR count). The SMILES string of the molecule is Cc1ccc(-c2c(NC(=O)c3ccc(C(N)=O)cc3)c(C)nc(CC(C)C)c2C(OC(N)=O)C(C)(C)C)cc1. The average molecular weight is 531 g/mol. The smallest absolute Gasteiger partial charge is 0.405 e. The van der Waals surface area contributed by atoms with Crippen LogP contribution in [0.4, 0.5) is 10.5 Å². The van der Waals surface area contributed by atoms with Crippen LogP contribution >= 0.6 is 0 Å². The predicted octanol–water partition coefficient (Wildman–Crippen LogP) is 6.10. The number of carbonyl (C=O) groups excluding carboxylic acids is 3. The summed E-state index contributed by atoms with van der Waals surface area (Å²) in [5, 5.41) is 3.05. The van der Waals surface area contributed by atoms with Crippen molar-refractivity contribution >= 4 is 23.6 Å². The van der Waals surface area contributed by atoms with E-state index in [1.54, 1.807) is 12.1 Å². The van der Waals surface area contributed by atoms with Crippen molar-refractivity contribution in [2.75, 3.05) is 5.32 Å². The van der Waals surface area contributed by atoms with Gasteiger partial charge in [-0.3, -0.25) is 14.6 Å². The van der Waals surface area contributed by atoms with Crippen LogP contribution < -0.4 is 16.8 Å². The fourth-order valence-electron chi connectivity index (χ4n) is 4.53. The minimum atomic E-state index is -0.888. The lowest BCUT2D eigenvalue weighted by Gasteiger charge is -2.34. The van der Waals surface area contributed by atoms with Crippen LogP contribution in [-0.2, 0) is 11.2 Å². The molecule has 0 radical (unpaired) electrons. The van der Waals surface area contributed by atoms with Gasteiger partial charge in [0.15, 0.2) is 0 Å². The third kappa shape index (κ3) is 7.02. The highest BCUT2D eigenvalue weighted by atomic mass is 16.6. The summed E-state index contributed by atoms with van der Waals surface area (Å²) in [7, 11) is 0. The van der Waals surface area contributed by atoms with Gasteiger partial charge in [0, 0.05) is 33.4 Å². The van der Waals surface area contributed by atoms with Crippen LogP contribution in [0, 0.1) is 25.2 Å². The molecule has 0 saturated carbocycles. The normalized spacial score (nSPS) is 12.2. The molecule has 5 N–H and O–H groups in total. The van der Waals surface area contributed by atoms with Crippen molar-refractivity contribution in [1.29, 1.82) is 0 Å². The van der Waals surface area contributed by atoms with Gasteiger partial charge < -0.3 is 21.5 Å². The van der Waals surface area contributed by atoms with E-state index in [0.29, 0.717) is 34.5 Å². The fourth-order valence-corrected chi connectivity index (χ4v) is 4.53. The third-order valence-corrected chi connectivity index (χ3v) is 6.39. The summed E-state index contributed by atoms with van der Waals surface area (Å²) in [5.74, 6) is -0.688. The number of benzene rings is 2. The molecule has 3 amide bonds. The second-order valence-electron chi connectivity index (χ2n) is 11.4. The van der Waals surface area contributed by atoms with Crippen LogP contribution in [0.25, 0.3) is 11.1 Å². The van der Waals surface area contributed by atoms with Crippen LogP contribution in [0.2, 0.25) is 0 Å². The van der Waals surface area contributed by atoms with E-state index in [9.17, 15) is 14.4 Å². The zero-order valence-electron chi connectivity index (χ0n) is 23.7. The Morgan fingerprint density at radius 2 is 1.49 bits per heavy atom. The maximum Gasteiger partial charge on any atom is 0.405 e. The Kier molecular flexibility index (Phi) is 8.79. The van der Waals surface area contributed by atoms with Gasteiger partial charge in [0.05, 0.1) is 11.4 Å². The quantitative estimate of drug-likeness (QED) is 0.323. The number of nitrogens with zero attached hydrogens (tertiary/aromatic N) is 1. The molecule has 0 fully saturated rings. The number of nitrogens with one attached hydrogen (secondary N) is 1. The van der Waals surface area contributed by atoms with Crippen molar-refractivity contribution in [1.82, 2.24) is 4.98 Å². The van der Waals surface area contributed by atoms with Gasteiger partial charge >= 0.3 is 6.09 Å². The molecule has 2 aromatic carbocycles. The molecule has 206 valence electrons. The molecule has 39 heavy (non-hydrogen) atoms. The summed E-state index contributed by atoms with van der Waals surface area (Å²) < 4.78 is 5.77. The van der Waals surface area contributed by atoms with E-state index < -0.39 is 23.5 Å². The van der Waals surface area contributed by atoms with Gasteiger partial charge in [-0.2, -0.15) is 0 Å². The zero-order valence-corrected chi connectivity index (χ0v) is 23.7. The first-order chi connectivity index (χ1) is 18.2. The largest absolute Gasteiger partial charge is 0.441 e. The molecule has 1 aromatic heterocycles. The Morgan fingerprint density at radius 1 is 0.923 bits per heavy atom. The van der Waals surface area contributed by atoms with Gasteiger partial charge in [0.2, 0.25) is 5.91 Å². The number of pyridine rings is 1. The molecule has 1 atom stereocenters. The summed E-state index contributed by atoms with van der Waals surface area (Å²) in [6, 6.07) is 14.1. The monoisotopic (exact) mass is 530 g/mol. The first kappa shape index (κ1) is 29.4. The molecular weight excluding hydrogens is 492 g/mol. The third-order valence-electron chi connectivity index (χ3n) is 6.39. The number of primary amides is 2. The number of aryl methyl sites for hydroxylation is 2. The van der Waals surface area contributed by atoms with E-state index >= 15 is 0 Å². The molecule has 3 aromatic rings. The average Bonchev–Trinajstić information content (AvgIpc) is 2.83. The Balaban J connectivity index is 2.33. The number of anilines is 1. The Labute approximate surface area is 230 Å². The maximum atomic E-state index is 13.4. The molecule has 0 saturated heterocycles. The first-order valence-electron chi connectivity index (χ1n) is 13.0. The Morgan fingerprint density at radius 3 is 1.97 bits per heavy atom. The fraction of sp³-hybridized carbons (Fsp3) is 0.355. The highest BCUT2D eigenvalue weighted by Crippen LogP contribution is 2.46. The van der Waals surface area contributed by atoms with Crippen LogP contribution in [0.15, 0.2) is 48.5 Å². The number of nitrogens with two attached hydrogens (primary N) is 2. The molecular formula is C31H38N4O4. The van der Waals surface area contributed by atoms with Gasteiger partial charge in [-0.05, 0) is 56.0 Å².